The highest BCUT2D eigenvalue weighted by molar-refractivity contribution is 7.80. The van der Waals surface area contributed by atoms with Gasteiger partial charge in [0, 0.05) is 11.2 Å². The van der Waals surface area contributed by atoms with Crippen molar-refractivity contribution in [2.75, 3.05) is 10.7 Å². The molecule has 0 fully saturated rings. The van der Waals surface area contributed by atoms with Gasteiger partial charge in [-0.2, -0.15) is 13.2 Å². The number of nitrogens with zero attached hydrogens (tertiary/aromatic N) is 1. The van der Waals surface area contributed by atoms with Crippen molar-refractivity contribution in [2.45, 2.75) is 6.18 Å². The molecule has 0 spiro atoms. The second kappa shape index (κ2) is 7.60. The van der Waals surface area contributed by atoms with Gasteiger partial charge in [0.25, 0.3) is 0 Å². The lowest BCUT2D eigenvalue weighted by molar-refractivity contribution is -0.137. The van der Waals surface area contributed by atoms with Crippen molar-refractivity contribution >= 4 is 63.6 Å². The number of alkyl halides is 3. The number of hydrogen-bond acceptors (Lipinski definition) is 3. The zero-order valence-corrected chi connectivity index (χ0v) is 14.6. The Morgan fingerprint density at radius 3 is 2.38 bits per heavy atom. The minimum Gasteiger partial charge on any atom is -0.330 e. The van der Waals surface area contributed by atoms with Gasteiger partial charge in [0.15, 0.2) is 10.9 Å². The van der Waals surface area contributed by atoms with E-state index in [1.807, 2.05) is 0 Å². The van der Waals surface area contributed by atoms with Gasteiger partial charge in [0.1, 0.15) is 0 Å². The van der Waals surface area contributed by atoms with E-state index in [-0.39, 0.29) is 16.0 Å². The zero-order valence-electron chi connectivity index (χ0n) is 11.5. The van der Waals surface area contributed by atoms with Crippen LogP contribution >= 0.6 is 47.0 Å². The molecule has 3 N–H and O–H groups in total. The lowest BCUT2D eigenvalue weighted by Gasteiger charge is -2.14. The van der Waals surface area contributed by atoms with E-state index in [1.165, 1.54) is 6.07 Å². The van der Waals surface area contributed by atoms with Crippen LogP contribution in [0.2, 0.25) is 15.1 Å². The topological polar surface area (TPSA) is 49.0 Å². The highest BCUT2D eigenvalue weighted by Crippen LogP contribution is 2.32. The predicted molar refractivity (Wildman–Crippen MR) is 93.7 cm³/mol. The van der Waals surface area contributed by atoms with E-state index in [9.17, 15) is 13.2 Å². The lowest BCUT2D eigenvalue weighted by Crippen LogP contribution is -2.33. The van der Waals surface area contributed by atoms with Crippen LogP contribution in [0, 0.1) is 0 Å². The van der Waals surface area contributed by atoms with E-state index in [4.69, 9.17) is 47.0 Å². The van der Waals surface area contributed by atoms with Crippen LogP contribution in [-0.2, 0) is 6.18 Å². The summed E-state index contributed by atoms with van der Waals surface area (Å²) < 4.78 is 37.6. The second-order valence-electron chi connectivity index (χ2n) is 4.38. The van der Waals surface area contributed by atoms with Crippen molar-refractivity contribution in [2.24, 2.45) is 0 Å². The highest BCUT2D eigenvalue weighted by Gasteiger charge is 2.31. The third-order valence-corrected chi connectivity index (χ3v) is 3.68. The minimum atomic E-state index is -4.52. The van der Waals surface area contributed by atoms with Crippen LogP contribution in [0.15, 0.2) is 30.5 Å². The van der Waals surface area contributed by atoms with Crippen LogP contribution in [0.4, 0.5) is 24.7 Å². The maximum Gasteiger partial charge on any atom is 0.417 e. The molecular formula is C13H8Cl3F3N4S. The van der Waals surface area contributed by atoms with Crippen LogP contribution in [0.25, 0.3) is 0 Å². The number of thiocarbonyl (C=S) groups is 1. The number of hydrogen-bond donors (Lipinski definition) is 3. The first-order valence-corrected chi connectivity index (χ1v) is 7.72. The molecule has 0 unspecified atom stereocenters. The Morgan fingerprint density at radius 2 is 1.79 bits per heavy atom. The van der Waals surface area contributed by atoms with Crippen LogP contribution in [0.3, 0.4) is 0 Å². The zero-order chi connectivity index (χ0) is 17.9. The maximum atomic E-state index is 12.5. The molecule has 0 radical (unpaired) electrons. The third-order valence-electron chi connectivity index (χ3n) is 2.64. The van der Waals surface area contributed by atoms with E-state index in [0.717, 1.165) is 6.07 Å². The number of anilines is 2. The average Bonchev–Trinajstić information content (AvgIpc) is 2.48. The van der Waals surface area contributed by atoms with Crippen LogP contribution < -0.4 is 16.2 Å². The lowest BCUT2D eigenvalue weighted by atomic mass is 10.3. The average molecular weight is 416 g/mol. The number of rotatable bonds is 3. The Balaban J connectivity index is 1.99. The Bertz CT molecular complexity index is 771. The van der Waals surface area contributed by atoms with Gasteiger partial charge in [-0.15, -0.1) is 0 Å². The van der Waals surface area contributed by atoms with E-state index in [2.05, 4.69) is 21.2 Å². The summed E-state index contributed by atoms with van der Waals surface area (Å²) in [6.45, 7) is 0. The van der Waals surface area contributed by atoms with Crippen molar-refractivity contribution in [3.63, 3.8) is 0 Å². The number of benzene rings is 1. The maximum absolute atomic E-state index is 12.5. The van der Waals surface area contributed by atoms with Crippen molar-refractivity contribution in [3.05, 3.63) is 51.1 Å². The van der Waals surface area contributed by atoms with Gasteiger partial charge < -0.3 is 5.32 Å². The normalized spacial score (nSPS) is 11.1. The molecule has 2 rings (SSSR count). The summed E-state index contributed by atoms with van der Waals surface area (Å²) in [6, 6.07) is 5.50. The summed E-state index contributed by atoms with van der Waals surface area (Å²) in [5.41, 5.74) is 4.59. The number of nitrogens with one attached hydrogen (secondary N) is 3. The van der Waals surface area contributed by atoms with Crippen molar-refractivity contribution in [1.29, 1.82) is 0 Å². The molecule has 0 aliphatic rings. The SMILES string of the molecule is FC(F)(F)c1cnc(NNC(=S)Nc2ccc(Cl)cc2Cl)c(Cl)c1. The first kappa shape index (κ1) is 18.9. The molecule has 1 aromatic heterocycles. The van der Waals surface area contributed by atoms with Gasteiger partial charge >= 0.3 is 6.18 Å². The first-order chi connectivity index (χ1) is 11.2. The summed E-state index contributed by atoms with van der Waals surface area (Å²) in [6.07, 6.45) is -3.87. The molecule has 0 saturated heterocycles. The summed E-state index contributed by atoms with van der Waals surface area (Å²) in [5.74, 6) is -0.0176. The van der Waals surface area contributed by atoms with Gasteiger partial charge in [-0.25, -0.2) is 4.98 Å². The molecular weight excluding hydrogens is 408 g/mol. The van der Waals surface area contributed by atoms with E-state index in [1.54, 1.807) is 12.1 Å². The summed E-state index contributed by atoms with van der Waals surface area (Å²) in [5, 5.41) is 3.46. The largest absolute Gasteiger partial charge is 0.417 e. The summed E-state index contributed by atoms with van der Waals surface area (Å²) >= 11 is 22.5. The Morgan fingerprint density at radius 1 is 1.08 bits per heavy atom. The predicted octanol–water partition coefficient (Wildman–Crippen LogP) is 5.37. The monoisotopic (exact) mass is 414 g/mol. The molecule has 0 saturated carbocycles. The molecule has 0 aliphatic heterocycles. The Kier molecular flexibility index (Phi) is 5.97. The highest BCUT2D eigenvalue weighted by atomic mass is 35.5. The first-order valence-electron chi connectivity index (χ1n) is 6.17. The molecule has 1 heterocycles. The van der Waals surface area contributed by atoms with Crippen molar-refractivity contribution < 1.29 is 13.2 Å². The van der Waals surface area contributed by atoms with Gasteiger partial charge in [-0.1, -0.05) is 34.8 Å². The molecule has 4 nitrogen and oxygen atoms in total. The summed E-state index contributed by atoms with van der Waals surface area (Å²) in [4.78, 5) is 3.60. The minimum absolute atomic E-state index is 0.0176. The van der Waals surface area contributed by atoms with E-state index < -0.39 is 11.7 Å². The van der Waals surface area contributed by atoms with Gasteiger partial charge in [0.2, 0.25) is 0 Å². The van der Waals surface area contributed by atoms with Gasteiger partial charge in [-0.05, 0) is 36.5 Å². The Hall–Kier alpha value is -1.48. The quantitative estimate of drug-likeness (QED) is 0.464. The van der Waals surface area contributed by atoms with E-state index in [0.29, 0.717) is 21.9 Å². The molecule has 2 aromatic rings. The fourth-order valence-electron chi connectivity index (χ4n) is 1.55. The van der Waals surface area contributed by atoms with Crippen molar-refractivity contribution in [3.8, 4) is 0 Å². The molecule has 11 heteroatoms. The molecule has 1 aromatic carbocycles. The Labute approximate surface area is 155 Å². The third kappa shape index (κ3) is 5.01. The molecule has 0 amide bonds. The standard InChI is InChI=1S/C13H8Cl3F3N4S/c14-7-1-2-10(8(15)4-7)21-12(24)23-22-11-9(16)3-6(5-20-11)13(17,18)19/h1-5H,(H,20,22)(H2,21,23,24). The number of hydrazine groups is 1. The molecule has 0 aliphatic carbocycles. The van der Waals surface area contributed by atoms with Crippen LogP contribution in [-0.4, -0.2) is 10.1 Å². The second-order valence-corrected chi connectivity index (χ2v) is 6.04. The van der Waals surface area contributed by atoms with Gasteiger partial charge in [-0.3, -0.25) is 10.9 Å². The summed E-state index contributed by atoms with van der Waals surface area (Å²) in [7, 11) is 0. The number of halogens is 6. The van der Waals surface area contributed by atoms with Crippen molar-refractivity contribution in [1.82, 2.24) is 10.4 Å². The smallest absolute Gasteiger partial charge is 0.330 e. The fourth-order valence-corrected chi connectivity index (χ4v) is 2.38. The molecule has 0 atom stereocenters. The molecule has 24 heavy (non-hydrogen) atoms. The van der Waals surface area contributed by atoms with Crippen LogP contribution in [0.5, 0.6) is 0 Å². The van der Waals surface area contributed by atoms with Crippen LogP contribution in [0.1, 0.15) is 5.56 Å². The van der Waals surface area contributed by atoms with Gasteiger partial charge in [0.05, 0.1) is 21.3 Å². The number of aromatic nitrogens is 1. The van der Waals surface area contributed by atoms with E-state index >= 15 is 0 Å². The fraction of sp³-hybridized carbons (Fsp3) is 0.0769. The number of pyridine rings is 1. The molecule has 0 bridgehead atoms. The molecule has 128 valence electrons.